The molecule has 2 aliphatic rings. The second-order valence-electron chi connectivity index (χ2n) is 8.81. The fraction of sp³-hybridized carbons (Fsp3) is 0.708. The normalized spacial score (nSPS) is 21.2. The monoisotopic (exact) mass is 401 g/mol. The molecule has 1 atom stereocenters. The number of nitrogens with one attached hydrogen (secondary N) is 1. The molecule has 0 radical (unpaired) electrons. The van der Waals surface area contributed by atoms with Gasteiger partial charge in [-0.25, -0.2) is 0 Å². The summed E-state index contributed by atoms with van der Waals surface area (Å²) in [5.41, 5.74) is 2.85. The number of carbonyl (C=O) groups is 1. The molecule has 0 bridgehead atoms. The number of nitrogens with zero attached hydrogens (tertiary/aromatic N) is 2. The molecule has 1 N–H and O–H groups in total. The molecule has 5 nitrogen and oxygen atoms in total. The molecule has 1 amide bonds. The minimum atomic E-state index is 0.142. The van der Waals surface area contributed by atoms with Gasteiger partial charge in [0.05, 0.1) is 12.6 Å². The first-order valence-corrected chi connectivity index (χ1v) is 11.4. The maximum Gasteiger partial charge on any atom is 0.223 e. The Morgan fingerprint density at radius 3 is 2.45 bits per heavy atom. The zero-order valence-corrected chi connectivity index (χ0v) is 18.5. The third kappa shape index (κ3) is 6.27. The molecule has 162 valence electrons. The van der Waals surface area contributed by atoms with Gasteiger partial charge in [0.1, 0.15) is 0 Å². The van der Waals surface area contributed by atoms with Crippen LogP contribution in [0.4, 0.5) is 0 Å². The maximum atomic E-state index is 12.6. The second-order valence-corrected chi connectivity index (χ2v) is 8.81. The minimum absolute atomic E-state index is 0.142. The fourth-order valence-corrected chi connectivity index (χ4v) is 4.78. The largest absolute Gasteiger partial charge is 0.383 e. The molecule has 2 aliphatic heterocycles. The van der Waals surface area contributed by atoms with Crippen LogP contribution < -0.4 is 5.32 Å². The van der Waals surface area contributed by atoms with E-state index in [-0.39, 0.29) is 17.9 Å². The smallest absolute Gasteiger partial charge is 0.223 e. The molecule has 3 rings (SSSR count). The SMILES string of the molecule is CCC(COC)NC(=O)C1CCN(C2CCN(Cc3ccccc3C)CC2)CC1. The molecule has 0 spiro atoms. The summed E-state index contributed by atoms with van der Waals surface area (Å²) in [6, 6.07) is 9.56. The van der Waals surface area contributed by atoms with E-state index in [1.54, 1.807) is 7.11 Å². The predicted octanol–water partition coefficient (Wildman–Crippen LogP) is 3.21. The van der Waals surface area contributed by atoms with Crippen LogP contribution in [0.1, 0.15) is 50.2 Å². The number of likely N-dealkylation sites (tertiary alicyclic amines) is 2. The van der Waals surface area contributed by atoms with Gasteiger partial charge in [-0.15, -0.1) is 0 Å². The van der Waals surface area contributed by atoms with E-state index in [0.29, 0.717) is 12.6 Å². The summed E-state index contributed by atoms with van der Waals surface area (Å²) in [6.45, 7) is 10.4. The van der Waals surface area contributed by atoms with Crippen molar-refractivity contribution in [3.63, 3.8) is 0 Å². The molecule has 0 saturated carbocycles. The number of carbonyl (C=O) groups excluding carboxylic acids is 1. The van der Waals surface area contributed by atoms with Gasteiger partial charge in [0, 0.05) is 25.6 Å². The van der Waals surface area contributed by atoms with E-state index < -0.39 is 0 Å². The number of amides is 1. The zero-order valence-electron chi connectivity index (χ0n) is 18.5. The van der Waals surface area contributed by atoms with Crippen molar-refractivity contribution in [2.45, 2.75) is 64.6 Å². The van der Waals surface area contributed by atoms with Gasteiger partial charge in [0.2, 0.25) is 5.91 Å². The summed E-state index contributed by atoms with van der Waals surface area (Å²) in [5.74, 6) is 0.389. The minimum Gasteiger partial charge on any atom is -0.383 e. The lowest BCUT2D eigenvalue weighted by Crippen LogP contribution is -2.50. The Hall–Kier alpha value is -1.43. The van der Waals surface area contributed by atoms with Crippen LogP contribution in [0.25, 0.3) is 0 Å². The van der Waals surface area contributed by atoms with Crippen LogP contribution in [0, 0.1) is 12.8 Å². The van der Waals surface area contributed by atoms with Crippen molar-refractivity contribution in [2.24, 2.45) is 5.92 Å². The number of hydrogen-bond donors (Lipinski definition) is 1. The first-order chi connectivity index (χ1) is 14.1. The molecular formula is C24H39N3O2. The number of methoxy groups -OCH3 is 1. The second kappa shape index (κ2) is 11.1. The average Bonchev–Trinajstić information content (AvgIpc) is 2.75. The standard InChI is InChI=1S/C24H39N3O2/c1-4-22(18-29-3)25-24(28)20-9-15-27(16-10-20)23-11-13-26(14-12-23)17-21-8-6-5-7-19(21)2/h5-8,20,22-23H,4,9-18H2,1-3H3,(H,25,28). The van der Waals surface area contributed by atoms with Crippen molar-refractivity contribution in [3.05, 3.63) is 35.4 Å². The zero-order chi connectivity index (χ0) is 20.6. The highest BCUT2D eigenvalue weighted by molar-refractivity contribution is 5.79. The van der Waals surface area contributed by atoms with Crippen LogP contribution in [-0.2, 0) is 16.1 Å². The van der Waals surface area contributed by atoms with E-state index in [1.165, 1.54) is 37.1 Å². The van der Waals surface area contributed by atoms with Gasteiger partial charge in [-0.05, 0) is 76.3 Å². The van der Waals surface area contributed by atoms with E-state index in [4.69, 9.17) is 4.74 Å². The van der Waals surface area contributed by atoms with Crippen molar-refractivity contribution in [3.8, 4) is 0 Å². The fourth-order valence-electron chi connectivity index (χ4n) is 4.78. The highest BCUT2D eigenvalue weighted by Gasteiger charge is 2.31. The van der Waals surface area contributed by atoms with Crippen LogP contribution in [0.3, 0.4) is 0 Å². The number of piperidine rings is 2. The predicted molar refractivity (Wildman–Crippen MR) is 118 cm³/mol. The van der Waals surface area contributed by atoms with Gasteiger partial charge in [-0.3, -0.25) is 9.69 Å². The number of aryl methyl sites for hydroxylation is 1. The number of ether oxygens (including phenoxy) is 1. The third-order valence-electron chi connectivity index (χ3n) is 6.84. The Balaban J connectivity index is 1.39. The lowest BCUT2D eigenvalue weighted by atomic mass is 9.92. The Kier molecular flexibility index (Phi) is 8.52. The van der Waals surface area contributed by atoms with Crippen molar-refractivity contribution in [1.82, 2.24) is 15.1 Å². The lowest BCUT2D eigenvalue weighted by Gasteiger charge is -2.41. The molecule has 0 aromatic heterocycles. The van der Waals surface area contributed by atoms with Crippen LogP contribution in [0.15, 0.2) is 24.3 Å². The highest BCUT2D eigenvalue weighted by Crippen LogP contribution is 2.25. The van der Waals surface area contributed by atoms with Crippen LogP contribution >= 0.6 is 0 Å². The lowest BCUT2D eigenvalue weighted by molar-refractivity contribution is -0.127. The van der Waals surface area contributed by atoms with E-state index in [2.05, 4.69) is 53.2 Å². The first-order valence-electron chi connectivity index (χ1n) is 11.4. The molecule has 0 aliphatic carbocycles. The van der Waals surface area contributed by atoms with E-state index in [0.717, 1.165) is 38.9 Å². The van der Waals surface area contributed by atoms with Crippen molar-refractivity contribution in [1.29, 1.82) is 0 Å². The molecule has 2 saturated heterocycles. The van der Waals surface area contributed by atoms with Crippen molar-refractivity contribution < 1.29 is 9.53 Å². The summed E-state index contributed by atoms with van der Waals surface area (Å²) in [5, 5.41) is 3.18. The first kappa shape index (κ1) is 22.3. The summed E-state index contributed by atoms with van der Waals surface area (Å²) >= 11 is 0. The molecule has 1 unspecified atom stereocenters. The molecule has 29 heavy (non-hydrogen) atoms. The Bertz CT molecular complexity index is 635. The summed E-state index contributed by atoms with van der Waals surface area (Å²) in [6.07, 6.45) is 5.37. The third-order valence-corrected chi connectivity index (χ3v) is 6.84. The van der Waals surface area contributed by atoms with Crippen LogP contribution in [-0.4, -0.2) is 67.7 Å². The highest BCUT2D eigenvalue weighted by atomic mass is 16.5. The number of hydrogen-bond acceptors (Lipinski definition) is 4. The van der Waals surface area contributed by atoms with Gasteiger partial charge in [0.15, 0.2) is 0 Å². The molecule has 1 aromatic rings. The van der Waals surface area contributed by atoms with Gasteiger partial charge in [-0.2, -0.15) is 0 Å². The van der Waals surface area contributed by atoms with E-state index in [9.17, 15) is 4.79 Å². The van der Waals surface area contributed by atoms with Crippen molar-refractivity contribution >= 4 is 5.91 Å². The molecule has 2 fully saturated rings. The molecule has 1 aromatic carbocycles. The summed E-state index contributed by atoms with van der Waals surface area (Å²) < 4.78 is 5.21. The topological polar surface area (TPSA) is 44.8 Å². The summed E-state index contributed by atoms with van der Waals surface area (Å²) in [7, 11) is 1.69. The number of rotatable bonds is 8. The Labute approximate surface area is 176 Å². The van der Waals surface area contributed by atoms with Gasteiger partial charge < -0.3 is 15.0 Å². The van der Waals surface area contributed by atoms with Crippen molar-refractivity contribution in [2.75, 3.05) is 39.9 Å². The van der Waals surface area contributed by atoms with E-state index >= 15 is 0 Å². The van der Waals surface area contributed by atoms with Crippen LogP contribution in [0.2, 0.25) is 0 Å². The molecule has 5 heteroatoms. The number of benzene rings is 1. The van der Waals surface area contributed by atoms with E-state index in [1.807, 2.05) is 0 Å². The Morgan fingerprint density at radius 2 is 1.83 bits per heavy atom. The average molecular weight is 402 g/mol. The maximum absolute atomic E-state index is 12.6. The van der Waals surface area contributed by atoms with Gasteiger partial charge in [-0.1, -0.05) is 31.2 Å². The van der Waals surface area contributed by atoms with Gasteiger partial charge >= 0.3 is 0 Å². The molecule has 2 heterocycles. The Morgan fingerprint density at radius 1 is 1.14 bits per heavy atom. The quantitative estimate of drug-likeness (QED) is 0.727. The molecular weight excluding hydrogens is 362 g/mol. The summed E-state index contributed by atoms with van der Waals surface area (Å²) in [4.78, 5) is 17.8. The van der Waals surface area contributed by atoms with Gasteiger partial charge in [0.25, 0.3) is 0 Å². The van der Waals surface area contributed by atoms with Crippen LogP contribution in [0.5, 0.6) is 0 Å².